The minimum atomic E-state index is -0.229. The quantitative estimate of drug-likeness (QED) is 0.792. The third-order valence-electron chi connectivity index (χ3n) is 4.91. The first-order valence-electron chi connectivity index (χ1n) is 7.30. The van der Waals surface area contributed by atoms with E-state index in [1.54, 1.807) is 0 Å². The van der Waals surface area contributed by atoms with Crippen molar-refractivity contribution in [1.29, 1.82) is 0 Å². The second-order valence-electron chi connectivity index (χ2n) is 6.49. The van der Waals surface area contributed by atoms with Crippen molar-refractivity contribution in [1.82, 2.24) is 9.80 Å². The molecule has 1 amide bonds. The van der Waals surface area contributed by atoms with Gasteiger partial charge in [-0.1, -0.05) is 0 Å². The van der Waals surface area contributed by atoms with Crippen LogP contribution in [0.25, 0.3) is 0 Å². The molecule has 18 heavy (non-hydrogen) atoms. The minimum Gasteiger partial charge on any atom is -0.393 e. The van der Waals surface area contributed by atoms with Gasteiger partial charge in [0.1, 0.15) is 0 Å². The summed E-state index contributed by atoms with van der Waals surface area (Å²) in [6, 6.07) is 1.72. The van der Waals surface area contributed by atoms with E-state index in [2.05, 4.69) is 23.6 Å². The summed E-state index contributed by atoms with van der Waals surface area (Å²) in [6.45, 7) is 6.32. The standard InChI is InChI=1S/C14H24N2O2/c1-9(2)16-11-3-4-12(16)8-15(7-11)14(18)10-5-13(17)6-10/h9-13,17H,3-8H2,1-2H3. The highest BCUT2D eigenvalue weighted by Gasteiger charge is 2.44. The van der Waals surface area contributed by atoms with Gasteiger partial charge in [-0.05, 0) is 39.5 Å². The molecule has 0 spiro atoms. The van der Waals surface area contributed by atoms with Crippen LogP contribution in [0.1, 0.15) is 39.5 Å². The van der Waals surface area contributed by atoms with Gasteiger partial charge in [0.2, 0.25) is 5.91 Å². The molecule has 0 radical (unpaired) electrons. The second-order valence-corrected chi connectivity index (χ2v) is 6.49. The first-order valence-corrected chi connectivity index (χ1v) is 7.30. The first-order chi connectivity index (χ1) is 8.56. The summed E-state index contributed by atoms with van der Waals surface area (Å²) in [5.41, 5.74) is 0. The maximum absolute atomic E-state index is 12.3. The lowest BCUT2D eigenvalue weighted by Gasteiger charge is -2.45. The molecule has 2 heterocycles. The van der Waals surface area contributed by atoms with Gasteiger partial charge in [0.15, 0.2) is 0 Å². The molecule has 102 valence electrons. The van der Waals surface area contributed by atoms with Crippen LogP contribution in [-0.2, 0) is 4.79 Å². The number of likely N-dealkylation sites (tertiary alicyclic amines) is 1. The molecule has 1 aliphatic carbocycles. The highest BCUT2D eigenvalue weighted by molar-refractivity contribution is 5.80. The Morgan fingerprint density at radius 2 is 1.72 bits per heavy atom. The summed E-state index contributed by atoms with van der Waals surface area (Å²) < 4.78 is 0. The molecular formula is C14H24N2O2. The Morgan fingerprint density at radius 1 is 1.17 bits per heavy atom. The van der Waals surface area contributed by atoms with E-state index < -0.39 is 0 Å². The Labute approximate surface area is 109 Å². The largest absolute Gasteiger partial charge is 0.393 e. The van der Waals surface area contributed by atoms with Crippen LogP contribution >= 0.6 is 0 Å². The van der Waals surface area contributed by atoms with Crippen molar-refractivity contribution >= 4 is 5.91 Å². The lowest BCUT2D eigenvalue weighted by molar-refractivity contribution is -0.146. The Bertz CT molecular complexity index is 325. The molecule has 1 N–H and O–H groups in total. The number of fused-ring (bicyclic) bond motifs is 2. The molecule has 4 nitrogen and oxygen atoms in total. The molecular weight excluding hydrogens is 228 g/mol. The fourth-order valence-corrected chi connectivity index (χ4v) is 4.01. The Kier molecular flexibility index (Phi) is 3.10. The van der Waals surface area contributed by atoms with Gasteiger partial charge in [-0.15, -0.1) is 0 Å². The van der Waals surface area contributed by atoms with E-state index in [4.69, 9.17) is 0 Å². The van der Waals surface area contributed by atoms with E-state index in [-0.39, 0.29) is 12.0 Å². The second kappa shape index (κ2) is 4.49. The monoisotopic (exact) mass is 252 g/mol. The third kappa shape index (κ3) is 1.95. The molecule has 0 aromatic heterocycles. The van der Waals surface area contributed by atoms with Crippen molar-refractivity contribution in [3.05, 3.63) is 0 Å². The predicted octanol–water partition coefficient (Wildman–Crippen LogP) is 0.841. The molecule has 0 aromatic carbocycles. The van der Waals surface area contributed by atoms with E-state index in [1.807, 2.05) is 0 Å². The van der Waals surface area contributed by atoms with E-state index in [0.717, 1.165) is 13.1 Å². The number of aliphatic hydroxyl groups excluding tert-OH is 1. The van der Waals surface area contributed by atoms with Crippen molar-refractivity contribution in [2.24, 2.45) is 5.92 Å². The van der Waals surface area contributed by atoms with E-state index in [9.17, 15) is 9.90 Å². The molecule has 3 rings (SSSR count). The fraction of sp³-hybridized carbons (Fsp3) is 0.929. The van der Waals surface area contributed by atoms with Crippen molar-refractivity contribution < 1.29 is 9.90 Å². The average Bonchev–Trinajstić information content (AvgIpc) is 2.56. The topological polar surface area (TPSA) is 43.8 Å². The van der Waals surface area contributed by atoms with Crippen LogP contribution in [0.15, 0.2) is 0 Å². The zero-order chi connectivity index (χ0) is 12.9. The molecule has 2 atom stereocenters. The molecule has 2 bridgehead atoms. The zero-order valence-corrected chi connectivity index (χ0v) is 11.4. The maximum atomic E-state index is 12.3. The van der Waals surface area contributed by atoms with E-state index >= 15 is 0 Å². The van der Waals surface area contributed by atoms with Crippen LogP contribution in [0.2, 0.25) is 0 Å². The Hall–Kier alpha value is -0.610. The normalized spacial score (nSPS) is 40.1. The number of rotatable bonds is 2. The van der Waals surface area contributed by atoms with Crippen molar-refractivity contribution in [2.45, 2.75) is 63.8 Å². The number of aliphatic hydroxyl groups is 1. The SMILES string of the molecule is CC(C)N1C2CCC1CN(C(=O)C1CC(O)C1)C2. The summed E-state index contributed by atoms with van der Waals surface area (Å²) in [7, 11) is 0. The van der Waals surface area contributed by atoms with Crippen molar-refractivity contribution in [2.75, 3.05) is 13.1 Å². The number of amides is 1. The number of piperazine rings is 1. The van der Waals surface area contributed by atoms with Crippen LogP contribution in [0, 0.1) is 5.92 Å². The molecule has 3 aliphatic rings. The average molecular weight is 252 g/mol. The van der Waals surface area contributed by atoms with Crippen LogP contribution in [0.4, 0.5) is 0 Å². The number of hydrogen-bond donors (Lipinski definition) is 1. The van der Waals surface area contributed by atoms with Gasteiger partial charge in [-0.3, -0.25) is 9.69 Å². The van der Waals surface area contributed by atoms with Gasteiger partial charge in [0.05, 0.1) is 6.10 Å². The molecule has 4 heteroatoms. The van der Waals surface area contributed by atoms with Gasteiger partial charge in [-0.2, -0.15) is 0 Å². The molecule has 2 saturated heterocycles. The molecule has 0 aromatic rings. The number of nitrogens with zero attached hydrogens (tertiary/aromatic N) is 2. The molecule has 2 aliphatic heterocycles. The van der Waals surface area contributed by atoms with Gasteiger partial charge < -0.3 is 10.0 Å². The van der Waals surface area contributed by atoms with E-state index in [1.165, 1.54) is 12.8 Å². The maximum Gasteiger partial charge on any atom is 0.225 e. The number of carbonyl (C=O) groups is 1. The summed E-state index contributed by atoms with van der Waals surface area (Å²) in [6.07, 6.45) is 3.60. The molecule has 1 saturated carbocycles. The van der Waals surface area contributed by atoms with Crippen LogP contribution in [0.5, 0.6) is 0 Å². The molecule has 2 unspecified atom stereocenters. The smallest absolute Gasteiger partial charge is 0.225 e. The predicted molar refractivity (Wildman–Crippen MR) is 69.1 cm³/mol. The van der Waals surface area contributed by atoms with Crippen molar-refractivity contribution in [3.8, 4) is 0 Å². The summed E-state index contributed by atoms with van der Waals surface area (Å²) in [4.78, 5) is 17.0. The number of carbonyl (C=O) groups excluding carboxylic acids is 1. The molecule has 3 fully saturated rings. The lowest BCUT2D eigenvalue weighted by atomic mass is 9.81. The zero-order valence-electron chi connectivity index (χ0n) is 11.4. The Morgan fingerprint density at radius 3 is 2.17 bits per heavy atom. The van der Waals surface area contributed by atoms with Gasteiger partial charge in [-0.25, -0.2) is 0 Å². The highest BCUT2D eigenvalue weighted by atomic mass is 16.3. The van der Waals surface area contributed by atoms with Crippen molar-refractivity contribution in [3.63, 3.8) is 0 Å². The van der Waals surface area contributed by atoms with E-state index in [0.29, 0.717) is 36.9 Å². The Balaban J connectivity index is 1.63. The van der Waals surface area contributed by atoms with Crippen LogP contribution in [0.3, 0.4) is 0 Å². The van der Waals surface area contributed by atoms with Gasteiger partial charge >= 0.3 is 0 Å². The summed E-state index contributed by atoms with van der Waals surface area (Å²) >= 11 is 0. The lowest BCUT2D eigenvalue weighted by Crippen LogP contribution is -2.59. The van der Waals surface area contributed by atoms with Crippen LogP contribution < -0.4 is 0 Å². The summed E-state index contributed by atoms with van der Waals surface area (Å²) in [5.74, 6) is 0.394. The van der Waals surface area contributed by atoms with Gasteiger partial charge in [0.25, 0.3) is 0 Å². The first kappa shape index (κ1) is 12.4. The number of hydrogen-bond acceptors (Lipinski definition) is 3. The third-order valence-corrected chi connectivity index (χ3v) is 4.91. The van der Waals surface area contributed by atoms with Gasteiger partial charge in [0, 0.05) is 37.1 Å². The minimum absolute atomic E-state index is 0.102. The fourth-order valence-electron chi connectivity index (χ4n) is 4.01. The summed E-state index contributed by atoms with van der Waals surface area (Å²) in [5, 5.41) is 9.32. The highest BCUT2D eigenvalue weighted by Crippen LogP contribution is 2.35. The van der Waals surface area contributed by atoms with Crippen LogP contribution in [-0.4, -0.2) is 58.1 Å².